The summed E-state index contributed by atoms with van der Waals surface area (Å²) < 4.78 is 182. The topological polar surface area (TPSA) is 35.5 Å². The number of unbranched alkanes of at least 4 members (excludes halogenated alkanes) is 5. The molecule has 2 aromatic rings. The molecule has 0 fully saturated rings. The molecule has 0 aliphatic heterocycles. The minimum Gasteiger partial charge on any atom is -0.493 e. The number of hydrogen-bond acceptors (Lipinski definition) is 3. The van der Waals surface area contributed by atoms with E-state index < -0.39 is 54.8 Å². The van der Waals surface area contributed by atoms with Crippen LogP contribution in [-0.4, -0.2) is 55.0 Å². The van der Waals surface area contributed by atoms with Crippen molar-refractivity contribution in [2.75, 3.05) is 13.2 Å². The number of esters is 1. The zero-order valence-corrected chi connectivity index (χ0v) is 23.6. The van der Waals surface area contributed by atoms with E-state index in [1.54, 1.807) is 12.1 Å². The molecule has 0 aliphatic rings. The Morgan fingerprint density at radius 1 is 0.578 bits per heavy atom. The van der Waals surface area contributed by atoms with E-state index in [0.29, 0.717) is 11.1 Å². The standard InChI is InChI=1S/C29H29F13O3/c1-2-3-4-5-6-7-17-45-23(43)21-10-8-19(9-11-21)20-12-14-22(15-13-20)44-18-16-24(30,31)25(32,33)26(34,35)27(36,37)28(38,39)29(40,41)42/h8-15H,2-7,16-18H2,1H3. The third kappa shape index (κ3) is 8.34. The van der Waals surface area contributed by atoms with Crippen LogP contribution in [0.5, 0.6) is 5.75 Å². The molecule has 0 unspecified atom stereocenters. The van der Waals surface area contributed by atoms with Crippen molar-refractivity contribution < 1.29 is 71.3 Å². The van der Waals surface area contributed by atoms with E-state index in [1.807, 2.05) is 0 Å². The maximum Gasteiger partial charge on any atom is 0.460 e. The van der Waals surface area contributed by atoms with Crippen molar-refractivity contribution in [1.29, 1.82) is 0 Å². The zero-order valence-electron chi connectivity index (χ0n) is 23.6. The van der Waals surface area contributed by atoms with Gasteiger partial charge in [0.1, 0.15) is 5.75 Å². The lowest BCUT2D eigenvalue weighted by atomic mass is 9.93. The van der Waals surface area contributed by atoms with Gasteiger partial charge in [-0.1, -0.05) is 63.3 Å². The molecule has 254 valence electrons. The van der Waals surface area contributed by atoms with E-state index in [0.717, 1.165) is 50.7 Å². The van der Waals surface area contributed by atoms with Crippen molar-refractivity contribution in [2.45, 2.75) is 87.7 Å². The number of carbonyl (C=O) groups is 1. The Kier molecular flexibility index (Phi) is 12.2. The van der Waals surface area contributed by atoms with Crippen molar-refractivity contribution in [3.63, 3.8) is 0 Å². The first kappa shape index (κ1) is 38.0. The van der Waals surface area contributed by atoms with Gasteiger partial charge in [0, 0.05) is 0 Å². The monoisotopic (exact) mass is 672 g/mol. The van der Waals surface area contributed by atoms with Crippen LogP contribution in [0, 0.1) is 0 Å². The normalized spacial score (nSPS) is 13.6. The van der Waals surface area contributed by atoms with Gasteiger partial charge in [0.05, 0.1) is 25.2 Å². The van der Waals surface area contributed by atoms with E-state index in [2.05, 4.69) is 6.92 Å². The second kappa shape index (κ2) is 14.5. The van der Waals surface area contributed by atoms with Gasteiger partial charge < -0.3 is 9.47 Å². The van der Waals surface area contributed by atoms with Crippen LogP contribution in [0.2, 0.25) is 0 Å². The molecular weight excluding hydrogens is 643 g/mol. The van der Waals surface area contributed by atoms with Crippen molar-refractivity contribution in [3.05, 3.63) is 54.1 Å². The first-order chi connectivity index (χ1) is 20.6. The van der Waals surface area contributed by atoms with Crippen LogP contribution in [0.4, 0.5) is 57.1 Å². The first-order valence-corrected chi connectivity index (χ1v) is 13.6. The quantitative estimate of drug-likeness (QED) is 0.0954. The van der Waals surface area contributed by atoms with E-state index in [1.165, 1.54) is 24.3 Å². The van der Waals surface area contributed by atoms with Crippen molar-refractivity contribution in [2.24, 2.45) is 0 Å². The number of ether oxygens (including phenoxy) is 2. The van der Waals surface area contributed by atoms with Crippen LogP contribution in [-0.2, 0) is 4.74 Å². The molecule has 2 rings (SSSR count). The van der Waals surface area contributed by atoms with Gasteiger partial charge in [-0.2, -0.15) is 57.1 Å². The highest BCUT2D eigenvalue weighted by molar-refractivity contribution is 5.90. The molecule has 2 aromatic carbocycles. The minimum absolute atomic E-state index is 0.265. The summed E-state index contributed by atoms with van der Waals surface area (Å²) in [5.74, 6) is -37.9. The first-order valence-electron chi connectivity index (χ1n) is 13.6. The lowest BCUT2D eigenvalue weighted by Gasteiger charge is -2.39. The summed E-state index contributed by atoms with van der Waals surface area (Å²) in [7, 11) is 0. The minimum atomic E-state index is -7.94. The fourth-order valence-electron chi connectivity index (χ4n) is 3.93. The Morgan fingerprint density at radius 3 is 1.56 bits per heavy atom. The molecule has 0 saturated heterocycles. The highest BCUT2D eigenvalue weighted by atomic mass is 19.4. The molecule has 0 saturated carbocycles. The Balaban J connectivity index is 1.97. The highest BCUT2D eigenvalue weighted by Gasteiger charge is 2.90. The molecule has 0 aliphatic carbocycles. The molecule has 16 heteroatoms. The average Bonchev–Trinajstić information content (AvgIpc) is 2.96. The smallest absolute Gasteiger partial charge is 0.460 e. The van der Waals surface area contributed by atoms with Gasteiger partial charge in [-0.05, 0) is 41.8 Å². The molecule has 0 radical (unpaired) electrons. The summed E-state index contributed by atoms with van der Waals surface area (Å²) in [5, 5.41) is 0. The van der Waals surface area contributed by atoms with Gasteiger partial charge in [0.25, 0.3) is 0 Å². The summed E-state index contributed by atoms with van der Waals surface area (Å²) >= 11 is 0. The number of alkyl halides is 13. The predicted molar refractivity (Wildman–Crippen MR) is 136 cm³/mol. The number of benzene rings is 2. The van der Waals surface area contributed by atoms with Gasteiger partial charge in [-0.25, -0.2) is 4.79 Å². The molecule has 0 heterocycles. The van der Waals surface area contributed by atoms with Crippen molar-refractivity contribution in [1.82, 2.24) is 0 Å². The second-order valence-corrected chi connectivity index (χ2v) is 10.1. The molecule has 0 amide bonds. The third-order valence-electron chi connectivity index (χ3n) is 6.72. The summed E-state index contributed by atoms with van der Waals surface area (Å²) in [5.41, 5.74) is 1.31. The summed E-state index contributed by atoms with van der Waals surface area (Å²) in [6.07, 6.45) is -3.84. The average molecular weight is 673 g/mol. The molecule has 0 bridgehead atoms. The van der Waals surface area contributed by atoms with Crippen LogP contribution in [0.1, 0.15) is 62.2 Å². The van der Waals surface area contributed by atoms with Gasteiger partial charge in [0.15, 0.2) is 0 Å². The van der Waals surface area contributed by atoms with E-state index in [-0.39, 0.29) is 17.9 Å². The van der Waals surface area contributed by atoms with Crippen LogP contribution >= 0.6 is 0 Å². The maximum atomic E-state index is 13.9. The van der Waals surface area contributed by atoms with Gasteiger partial charge in [-0.3, -0.25) is 0 Å². The van der Waals surface area contributed by atoms with Crippen LogP contribution in [0.15, 0.2) is 48.5 Å². The molecule has 0 aromatic heterocycles. The molecule has 0 atom stereocenters. The van der Waals surface area contributed by atoms with E-state index in [9.17, 15) is 61.9 Å². The Labute approximate surface area is 249 Å². The lowest BCUT2D eigenvalue weighted by molar-refractivity contribution is -0.440. The lowest BCUT2D eigenvalue weighted by Crippen LogP contribution is -2.70. The summed E-state index contributed by atoms with van der Waals surface area (Å²) in [6, 6.07) is 11.0. The SMILES string of the molecule is CCCCCCCCOC(=O)c1ccc(-c2ccc(OCCC(F)(F)C(F)(F)C(F)(F)C(F)(F)C(F)(F)C(F)(F)F)cc2)cc1. The van der Waals surface area contributed by atoms with Crippen LogP contribution in [0.3, 0.4) is 0 Å². The predicted octanol–water partition coefficient (Wildman–Crippen LogP) is 10.4. The van der Waals surface area contributed by atoms with E-state index in [4.69, 9.17) is 9.47 Å². The third-order valence-corrected chi connectivity index (χ3v) is 6.72. The number of halogens is 13. The Hall–Kier alpha value is -3.20. The van der Waals surface area contributed by atoms with Gasteiger partial charge >= 0.3 is 41.8 Å². The molecule has 0 spiro atoms. The number of carbonyl (C=O) groups excluding carboxylic acids is 1. The van der Waals surface area contributed by atoms with E-state index >= 15 is 0 Å². The Bertz CT molecular complexity index is 1230. The molecule has 3 nitrogen and oxygen atoms in total. The fourth-order valence-corrected chi connectivity index (χ4v) is 3.93. The summed E-state index contributed by atoms with van der Waals surface area (Å²) in [6.45, 7) is 0.818. The highest BCUT2D eigenvalue weighted by Crippen LogP contribution is 2.60. The Morgan fingerprint density at radius 2 is 1.04 bits per heavy atom. The van der Waals surface area contributed by atoms with Crippen molar-refractivity contribution >= 4 is 5.97 Å². The molecule has 45 heavy (non-hydrogen) atoms. The van der Waals surface area contributed by atoms with Crippen LogP contribution < -0.4 is 4.74 Å². The number of hydrogen-bond donors (Lipinski definition) is 0. The van der Waals surface area contributed by atoms with Crippen LogP contribution in [0.25, 0.3) is 11.1 Å². The van der Waals surface area contributed by atoms with Gasteiger partial charge in [0.2, 0.25) is 0 Å². The largest absolute Gasteiger partial charge is 0.493 e. The van der Waals surface area contributed by atoms with Gasteiger partial charge in [-0.15, -0.1) is 0 Å². The van der Waals surface area contributed by atoms with Crippen molar-refractivity contribution in [3.8, 4) is 16.9 Å². The molecule has 0 N–H and O–H groups in total. The summed E-state index contributed by atoms with van der Waals surface area (Å²) in [4.78, 5) is 12.2. The molecular formula is C29H29F13O3. The zero-order chi connectivity index (χ0) is 34.3. The number of rotatable bonds is 17. The second-order valence-electron chi connectivity index (χ2n) is 10.1. The fraction of sp³-hybridized carbons (Fsp3) is 0.552. The maximum absolute atomic E-state index is 13.9.